The van der Waals surface area contributed by atoms with E-state index in [4.69, 9.17) is 0 Å². The van der Waals surface area contributed by atoms with Crippen LogP contribution >= 0.6 is 15.9 Å². The molecule has 2 amide bonds. The van der Waals surface area contributed by atoms with E-state index in [2.05, 4.69) is 31.9 Å². The molecule has 5 nitrogen and oxygen atoms in total. The third kappa shape index (κ3) is 5.42. The van der Waals surface area contributed by atoms with Crippen molar-refractivity contribution in [3.8, 4) is 0 Å². The quantitative estimate of drug-likeness (QED) is 0.722. The topological polar surface area (TPSA) is 70.2 Å². The van der Waals surface area contributed by atoms with Gasteiger partial charge in [0, 0.05) is 35.6 Å². The summed E-state index contributed by atoms with van der Waals surface area (Å²) >= 11 is 3.39. The standard InChI is InChI=1S/C16H22BrN3O2/c1-11-4-5-12(17)9-14(11)20-15(21)6-8-19-16(22)10-13-3-2-7-18-13/h4-5,9,13,18H,2-3,6-8,10H2,1H3,(H,19,22)(H,20,21). The first kappa shape index (κ1) is 17.0. The second-order valence-corrected chi connectivity index (χ2v) is 6.52. The maximum absolute atomic E-state index is 11.9. The van der Waals surface area contributed by atoms with Gasteiger partial charge in [0.15, 0.2) is 0 Å². The molecule has 2 rings (SSSR count). The van der Waals surface area contributed by atoms with Gasteiger partial charge in [-0.15, -0.1) is 0 Å². The number of halogens is 1. The van der Waals surface area contributed by atoms with Gasteiger partial charge in [-0.1, -0.05) is 22.0 Å². The van der Waals surface area contributed by atoms with E-state index in [1.54, 1.807) is 0 Å². The number of hydrogen-bond donors (Lipinski definition) is 3. The van der Waals surface area contributed by atoms with Crippen LogP contribution in [0.3, 0.4) is 0 Å². The highest BCUT2D eigenvalue weighted by molar-refractivity contribution is 9.10. The fourth-order valence-corrected chi connectivity index (χ4v) is 2.85. The summed E-state index contributed by atoms with van der Waals surface area (Å²) in [6.07, 6.45) is 2.95. The number of nitrogens with one attached hydrogen (secondary N) is 3. The molecule has 1 unspecified atom stereocenters. The predicted molar refractivity (Wildman–Crippen MR) is 90.8 cm³/mol. The lowest BCUT2D eigenvalue weighted by Gasteiger charge is -2.11. The van der Waals surface area contributed by atoms with E-state index in [9.17, 15) is 9.59 Å². The van der Waals surface area contributed by atoms with E-state index in [0.717, 1.165) is 35.1 Å². The summed E-state index contributed by atoms with van der Waals surface area (Å²) in [5.74, 6) is -0.0914. The molecule has 3 N–H and O–H groups in total. The second kappa shape index (κ2) is 8.29. The van der Waals surface area contributed by atoms with Gasteiger partial charge in [0.2, 0.25) is 11.8 Å². The molecule has 1 aromatic carbocycles. The van der Waals surface area contributed by atoms with Crippen molar-refractivity contribution < 1.29 is 9.59 Å². The number of rotatable bonds is 6. The Morgan fingerprint density at radius 3 is 2.91 bits per heavy atom. The molecule has 0 radical (unpaired) electrons. The van der Waals surface area contributed by atoms with Crippen LogP contribution in [-0.2, 0) is 9.59 Å². The number of hydrogen-bond acceptors (Lipinski definition) is 3. The zero-order chi connectivity index (χ0) is 15.9. The van der Waals surface area contributed by atoms with Crippen molar-refractivity contribution in [1.29, 1.82) is 0 Å². The van der Waals surface area contributed by atoms with Gasteiger partial charge in [0.25, 0.3) is 0 Å². The zero-order valence-electron chi connectivity index (χ0n) is 12.7. The Bertz CT molecular complexity index is 542. The fraction of sp³-hybridized carbons (Fsp3) is 0.500. The van der Waals surface area contributed by atoms with Crippen molar-refractivity contribution in [2.45, 2.75) is 38.6 Å². The van der Waals surface area contributed by atoms with Gasteiger partial charge in [-0.25, -0.2) is 0 Å². The van der Waals surface area contributed by atoms with Gasteiger partial charge in [-0.2, -0.15) is 0 Å². The molecule has 0 aliphatic carbocycles. The van der Waals surface area contributed by atoms with Crippen LogP contribution < -0.4 is 16.0 Å². The monoisotopic (exact) mass is 367 g/mol. The number of carbonyl (C=O) groups is 2. The van der Waals surface area contributed by atoms with Gasteiger partial charge in [-0.3, -0.25) is 9.59 Å². The summed E-state index contributed by atoms with van der Waals surface area (Å²) in [4.78, 5) is 23.7. The van der Waals surface area contributed by atoms with Crippen molar-refractivity contribution in [2.24, 2.45) is 0 Å². The second-order valence-electron chi connectivity index (χ2n) is 5.60. The van der Waals surface area contributed by atoms with Crippen LogP contribution in [-0.4, -0.2) is 30.9 Å². The molecule has 1 aliphatic rings. The van der Waals surface area contributed by atoms with Crippen LogP contribution in [0.4, 0.5) is 5.69 Å². The summed E-state index contributed by atoms with van der Waals surface area (Å²) in [6.45, 7) is 3.30. The van der Waals surface area contributed by atoms with E-state index in [0.29, 0.717) is 13.0 Å². The SMILES string of the molecule is Cc1ccc(Br)cc1NC(=O)CCNC(=O)CC1CCCN1. The Hall–Kier alpha value is -1.40. The molecular formula is C16H22BrN3O2. The summed E-state index contributed by atoms with van der Waals surface area (Å²) in [7, 11) is 0. The Kier molecular flexibility index (Phi) is 6.39. The van der Waals surface area contributed by atoms with Crippen LogP contribution in [0, 0.1) is 6.92 Å². The molecule has 0 spiro atoms. The zero-order valence-corrected chi connectivity index (χ0v) is 14.3. The third-order valence-corrected chi connectivity index (χ3v) is 4.24. The highest BCUT2D eigenvalue weighted by atomic mass is 79.9. The molecular weight excluding hydrogens is 346 g/mol. The smallest absolute Gasteiger partial charge is 0.226 e. The van der Waals surface area contributed by atoms with Gasteiger partial charge in [0.05, 0.1) is 0 Å². The minimum Gasteiger partial charge on any atom is -0.356 e. The lowest BCUT2D eigenvalue weighted by atomic mass is 10.1. The van der Waals surface area contributed by atoms with Crippen LogP contribution in [0.25, 0.3) is 0 Å². The Morgan fingerprint density at radius 1 is 1.36 bits per heavy atom. The van der Waals surface area contributed by atoms with E-state index in [1.165, 1.54) is 0 Å². The lowest BCUT2D eigenvalue weighted by molar-refractivity contribution is -0.121. The van der Waals surface area contributed by atoms with Crippen molar-refractivity contribution >= 4 is 33.4 Å². The number of carbonyl (C=O) groups excluding carboxylic acids is 2. The summed E-state index contributed by atoms with van der Waals surface area (Å²) in [5.41, 5.74) is 1.80. The Labute approximate surface area is 139 Å². The maximum atomic E-state index is 11.9. The largest absolute Gasteiger partial charge is 0.356 e. The van der Waals surface area contributed by atoms with Crippen LogP contribution in [0.2, 0.25) is 0 Å². The minimum atomic E-state index is -0.0968. The Morgan fingerprint density at radius 2 is 2.18 bits per heavy atom. The lowest BCUT2D eigenvalue weighted by Crippen LogP contribution is -2.33. The van der Waals surface area contributed by atoms with E-state index in [1.807, 2.05) is 25.1 Å². The molecule has 1 heterocycles. The van der Waals surface area contributed by atoms with Crippen molar-refractivity contribution in [2.75, 3.05) is 18.4 Å². The molecule has 120 valence electrons. The summed E-state index contributed by atoms with van der Waals surface area (Å²) in [5, 5.41) is 8.95. The van der Waals surface area contributed by atoms with Crippen molar-refractivity contribution in [3.63, 3.8) is 0 Å². The molecule has 1 aromatic rings. The van der Waals surface area contributed by atoms with Crippen LogP contribution in [0.15, 0.2) is 22.7 Å². The molecule has 1 aliphatic heterocycles. The third-order valence-electron chi connectivity index (χ3n) is 3.74. The number of benzene rings is 1. The normalized spacial score (nSPS) is 17.3. The molecule has 1 atom stereocenters. The van der Waals surface area contributed by atoms with Crippen LogP contribution in [0.5, 0.6) is 0 Å². The summed E-state index contributed by atoms with van der Waals surface area (Å²) in [6, 6.07) is 6.04. The number of anilines is 1. The average Bonchev–Trinajstić information content (AvgIpc) is 2.95. The molecule has 0 saturated carbocycles. The predicted octanol–water partition coefficient (Wildman–Crippen LogP) is 2.34. The summed E-state index contributed by atoms with van der Waals surface area (Å²) < 4.78 is 0.922. The highest BCUT2D eigenvalue weighted by Gasteiger charge is 2.17. The minimum absolute atomic E-state index is 0.00540. The Balaban J connectivity index is 1.69. The number of amides is 2. The highest BCUT2D eigenvalue weighted by Crippen LogP contribution is 2.20. The molecule has 22 heavy (non-hydrogen) atoms. The van der Waals surface area contributed by atoms with Gasteiger partial charge in [-0.05, 0) is 44.0 Å². The van der Waals surface area contributed by atoms with E-state index < -0.39 is 0 Å². The van der Waals surface area contributed by atoms with Crippen molar-refractivity contribution in [3.05, 3.63) is 28.2 Å². The molecule has 1 fully saturated rings. The van der Waals surface area contributed by atoms with E-state index in [-0.39, 0.29) is 24.3 Å². The molecule has 0 aromatic heterocycles. The van der Waals surface area contributed by atoms with Crippen LogP contribution in [0.1, 0.15) is 31.2 Å². The first-order valence-electron chi connectivity index (χ1n) is 7.60. The van der Waals surface area contributed by atoms with Gasteiger partial charge >= 0.3 is 0 Å². The molecule has 0 bridgehead atoms. The maximum Gasteiger partial charge on any atom is 0.226 e. The first-order chi connectivity index (χ1) is 10.5. The first-order valence-corrected chi connectivity index (χ1v) is 8.40. The average molecular weight is 368 g/mol. The van der Waals surface area contributed by atoms with Gasteiger partial charge in [0.1, 0.15) is 0 Å². The molecule has 6 heteroatoms. The number of aryl methyl sites for hydroxylation is 1. The molecule has 1 saturated heterocycles. The van der Waals surface area contributed by atoms with Crippen molar-refractivity contribution in [1.82, 2.24) is 10.6 Å². The van der Waals surface area contributed by atoms with E-state index >= 15 is 0 Å². The van der Waals surface area contributed by atoms with Gasteiger partial charge < -0.3 is 16.0 Å². The fourth-order valence-electron chi connectivity index (χ4n) is 2.48.